The maximum atomic E-state index is 13.3. The van der Waals surface area contributed by atoms with Crippen LogP contribution in [-0.2, 0) is 17.5 Å². The summed E-state index contributed by atoms with van der Waals surface area (Å²) in [5.41, 5.74) is -1.21. The largest absolute Gasteiger partial charge is 0.480 e. The van der Waals surface area contributed by atoms with Crippen molar-refractivity contribution in [3.63, 3.8) is 0 Å². The monoisotopic (exact) mass is 404 g/mol. The van der Waals surface area contributed by atoms with E-state index >= 15 is 0 Å². The molecule has 150 valence electrons. The van der Waals surface area contributed by atoms with Gasteiger partial charge in [-0.1, -0.05) is 30.3 Å². The number of alkyl halides is 3. The Kier molecular flexibility index (Phi) is 5.07. The summed E-state index contributed by atoms with van der Waals surface area (Å²) in [5, 5.41) is 18.6. The van der Waals surface area contributed by atoms with E-state index in [-0.39, 0.29) is 23.3 Å². The SMILES string of the molecule is C[N+]1(Cc2ccccc2)CC(C(=O)O)N(c2ccc(C#N)c(C(F)(F)F)c2)C1=O. The van der Waals surface area contributed by atoms with Crippen LogP contribution in [0, 0.1) is 11.3 Å². The van der Waals surface area contributed by atoms with Gasteiger partial charge in [-0.3, -0.25) is 0 Å². The van der Waals surface area contributed by atoms with Crippen LogP contribution < -0.4 is 4.90 Å². The number of rotatable bonds is 4. The number of carbonyl (C=O) groups excluding carboxylic acids is 1. The lowest BCUT2D eigenvalue weighted by molar-refractivity contribution is -0.834. The van der Waals surface area contributed by atoms with Crippen LogP contribution in [0.4, 0.5) is 23.7 Å². The van der Waals surface area contributed by atoms with E-state index in [2.05, 4.69) is 0 Å². The van der Waals surface area contributed by atoms with Crippen molar-refractivity contribution in [2.24, 2.45) is 0 Å². The predicted molar refractivity (Wildman–Crippen MR) is 96.7 cm³/mol. The Bertz CT molecular complexity index is 1000. The topological polar surface area (TPSA) is 81.4 Å². The third-order valence-corrected chi connectivity index (χ3v) is 4.92. The van der Waals surface area contributed by atoms with E-state index < -0.39 is 35.3 Å². The molecule has 0 spiro atoms. The minimum Gasteiger partial charge on any atom is -0.480 e. The summed E-state index contributed by atoms with van der Waals surface area (Å²) in [6.07, 6.45) is -4.81. The zero-order valence-electron chi connectivity index (χ0n) is 15.3. The molecule has 2 aromatic rings. The van der Waals surface area contributed by atoms with Gasteiger partial charge < -0.3 is 5.11 Å². The number of anilines is 1. The zero-order chi connectivity index (χ0) is 21.4. The molecule has 0 bridgehead atoms. The van der Waals surface area contributed by atoms with Crippen molar-refractivity contribution in [1.82, 2.24) is 0 Å². The first-order chi connectivity index (χ1) is 13.6. The van der Waals surface area contributed by atoms with Gasteiger partial charge in [0.2, 0.25) is 0 Å². The number of nitrogens with zero attached hydrogens (tertiary/aromatic N) is 3. The summed E-state index contributed by atoms with van der Waals surface area (Å²) in [6.45, 7) is 0.0901. The number of carboxylic acid groups (broad SMARTS) is 1. The van der Waals surface area contributed by atoms with Gasteiger partial charge in [-0.25, -0.2) is 19.0 Å². The third kappa shape index (κ3) is 3.79. The molecule has 2 atom stereocenters. The van der Waals surface area contributed by atoms with Crippen LogP contribution in [0.2, 0.25) is 0 Å². The van der Waals surface area contributed by atoms with Gasteiger partial charge >= 0.3 is 18.2 Å². The quantitative estimate of drug-likeness (QED) is 0.790. The minimum absolute atomic E-state index is 0.107. The average Bonchev–Trinajstić information content (AvgIpc) is 2.92. The molecule has 1 heterocycles. The van der Waals surface area contributed by atoms with Crippen molar-refractivity contribution < 1.29 is 32.3 Å². The van der Waals surface area contributed by atoms with Crippen molar-refractivity contribution in [2.45, 2.75) is 18.8 Å². The number of benzene rings is 2. The molecule has 6 nitrogen and oxygen atoms in total. The number of hydrogen-bond acceptors (Lipinski definition) is 3. The highest BCUT2D eigenvalue weighted by Crippen LogP contribution is 2.37. The van der Waals surface area contributed by atoms with E-state index in [0.29, 0.717) is 6.07 Å². The number of amides is 2. The Hall–Kier alpha value is -3.38. The number of hydrogen-bond donors (Lipinski definition) is 1. The summed E-state index contributed by atoms with van der Waals surface area (Å²) >= 11 is 0. The zero-order valence-corrected chi connectivity index (χ0v) is 15.3. The van der Waals surface area contributed by atoms with Crippen LogP contribution in [0.1, 0.15) is 16.7 Å². The molecule has 9 heteroatoms. The van der Waals surface area contributed by atoms with Crippen molar-refractivity contribution >= 4 is 17.7 Å². The molecule has 29 heavy (non-hydrogen) atoms. The lowest BCUT2D eigenvalue weighted by Gasteiger charge is -2.26. The first-order valence-electron chi connectivity index (χ1n) is 8.63. The lowest BCUT2D eigenvalue weighted by atomic mass is 10.1. The Morgan fingerprint density at radius 1 is 1.28 bits per heavy atom. The molecule has 3 rings (SSSR count). The van der Waals surface area contributed by atoms with Crippen molar-refractivity contribution in [2.75, 3.05) is 18.5 Å². The van der Waals surface area contributed by atoms with Crippen molar-refractivity contribution in [1.29, 1.82) is 5.26 Å². The highest BCUT2D eigenvalue weighted by Gasteiger charge is 2.53. The molecule has 1 saturated heterocycles. The Morgan fingerprint density at radius 3 is 2.48 bits per heavy atom. The molecule has 2 amide bonds. The Balaban J connectivity index is 2.05. The van der Waals surface area contributed by atoms with Crippen LogP contribution in [0.3, 0.4) is 0 Å². The number of urea groups is 1. The van der Waals surface area contributed by atoms with E-state index in [1.165, 1.54) is 12.1 Å². The predicted octanol–water partition coefficient (Wildman–Crippen LogP) is 3.62. The maximum Gasteiger partial charge on any atom is 0.424 e. The lowest BCUT2D eigenvalue weighted by Crippen LogP contribution is -2.46. The number of carbonyl (C=O) groups is 2. The smallest absolute Gasteiger partial charge is 0.424 e. The summed E-state index contributed by atoms with van der Waals surface area (Å²) in [5.74, 6) is -1.31. The first-order valence-corrected chi connectivity index (χ1v) is 8.63. The molecule has 0 saturated carbocycles. The van der Waals surface area contributed by atoms with Gasteiger partial charge in [0, 0.05) is 5.56 Å². The van der Waals surface area contributed by atoms with Gasteiger partial charge in [0.1, 0.15) is 13.1 Å². The first kappa shape index (κ1) is 20.4. The van der Waals surface area contributed by atoms with E-state index in [1.54, 1.807) is 37.4 Å². The number of carboxylic acids is 1. The number of aliphatic carboxylic acids is 1. The van der Waals surface area contributed by atoms with E-state index in [0.717, 1.165) is 16.5 Å². The minimum atomic E-state index is -4.81. The summed E-state index contributed by atoms with van der Waals surface area (Å²) in [4.78, 5) is 25.8. The second-order valence-corrected chi connectivity index (χ2v) is 7.07. The standard InChI is InChI=1S/C20H16F3N3O3/c1-26(11-13-5-3-2-4-6-13)12-17(18(27)28)25(19(26)29)15-8-7-14(10-24)16(9-15)20(21,22)23/h2-9,17H,11-12H2,1H3/p+1. The summed E-state index contributed by atoms with van der Waals surface area (Å²) < 4.78 is 39.7. The molecule has 2 unspecified atom stereocenters. The van der Waals surface area contributed by atoms with Gasteiger partial charge in [0.05, 0.1) is 29.9 Å². The third-order valence-electron chi connectivity index (χ3n) is 4.92. The number of quaternary nitrogens is 1. The van der Waals surface area contributed by atoms with Crippen LogP contribution in [-0.4, -0.2) is 41.2 Å². The number of halogens is 3. The molecule has 0 radical (unpaired) electrons. The Labute approximate surface area is 164 Å². The van der Waals surface area contributed by atoms with Gasteiger partial charge in [-0.2, -0.15) is 18.4 Å². The molecule has 1 N–H and O–H groups in total. The molecule has 0 aromatic heterocycles. The van der Waals surface area contributed by atoms with Gasteiger partial charge in [0.25, 0.3) is 0 Å². The van der Waals surface area contributed by atoms with Gasteiger partial charge in [-0.15, -0.1) is 0 Å². The highest BCUT2D eigenvalue weighted by atomic mass is 19.4. The molecular weight excluding hydrogens is 387 g/mol. The van der Waals surface area contributed by atoms with Crippen LogP contribution in [0.15, 0.2) is 48.5 Å². The van der Waals surface area contributed by atoms with Gasteiger partial charge in [-0.05, 0) is 18.2 Å². The van der Waals surface area contributed by atoms with Crippen LogP contribution >= 0.6 is 0 Å². The molecule has 1 aliphatic heterocycles. The van der Waals surface area contributed by atoms with E-state index in [4.69, 9.17) is 5.26 Å². The normalized spacial score (nSPS) is 21.8. The van der Waals surface area contributed by atoms with E-state index in [9.17, 15) is 27.9 Å². The van der Waals surface area contributed by atoms with Crippen LogP contribution in [0.5, 0.6) is 0 Å². The molecular formula is C20H17F3N3O3+. The molecule has 2 aromatic carbocycles. The van der Waals surface area contributed by atoms with Gasteiger partial charge in [0.15, 0.2) is 6.04 Å². The molecule has 1 aliphatic rings. The van der Waals surface area contributed by atoms with Crippen molar-refractivity contribution in [3.8, 4) is 6.07 Å². The van der Waals surface area contributed by atoms with E-state index in [1.807, 2.05) is 0 Å². The highest BCUT2D eigenvalue weighted by molar-refractivity contribution is 5.97. The van der Waals surface area contributed by atoms with Crippen LogP contribution in [0.25, 0.3) is 0 Å². The number of likely N-dealkylation sites (N-methyl/N-ethyl adjacent to an activating group) is 1. The summed E-state index contributed by atoms with van der Waals surface area (Å²) in [7, 11) is 1.56. The Morgan fingerprint density at radius 2 is 1.93 bits per heavy atom. The molecule has 0 aliphatic carbocycles. The average molecular weight is 404 g/mol. The summed E-state index contributed by atoms with van der Waals surface area (Å²) in [6, 6.07) is 11.2. The maximum absolute atomic E-state index is 13.3. The fourth-order valence-corrected chi connectivity index (χ4v) is 3.55. The second kappa shape index (κ2) is 7.22. The molecule has 1 fully saturated rings. The number of nitriles is 1. The van der Waals surface area contributed by atoms with Crippen molar-refractivity contribution in [3.05, 3.63) is 65.2 Å². The fourth-order valence-electron chi connectivity index (χ4n) is 3.55. The fraction of sp³-hybridized carbons (Fsp3) is 0.250. The second-order valence-electron chi connectivity index (χ2n) is 7.07.